The number of ether oxygens (including phenoxy) is 8. The molecule has 1 saturated carbocycles. The van der Waals surface area contributed by atoms with Crippen molar-refractivity contribution in [2.45, 2.75) is 96.7 Å². The van der Waals surface area contributed by atoms with Crippen LogP contribution < -0.4 is 0 Å². The Kier molecular flexibility index (Phi) is 8.40. The lowest BCUT2D eigenvalue weighted by atomic mass is 9.70. The van der Waals surface area contributed by atoms with Crippen molar-refractivity contribution >= 4 is 23.9 Å². The minimum absolute atomic E-state index is 0.0339. The van der Waals surface area contributed by atoms with E-state index in [0.717, 1.165) is 6.92 Å². The van der Waals surface area contributed by atoms with Crippen LogP contribution in [0, 0.1) is 11.8 Å². The van der Waals surface area contributed by atoms with Crippen molar-refractivity contribution in [3.8, 4) is 0 Å². The fourth-order valence-electron chi connectivity index (χ4n) is 5.21. The van der Waals surface area contributed by atoms with Crippen LogP contribution >= 0.6 is 0 Å². The second-order valence-electron chi connectivity index (χ2n) is 9.24. The molecule has 1 aliphatic carbocycles. The second-order valence-corrected chi connectivity index (χ2v) is 9.24. The van der Waals surface area contributed by atoms with Gasteiger partial charge in [-0.25, -0.2) is 0 Å². The predicted octanol–water partition coefficient (Wildman–Crippen LogP) is 0.872. The van der Waals surface area contributed by atoms with Crippen molar-refractivity contribution in [1.82, 2.24) is 0 Å². The van der Waals surface area contributed by atoms with E-state index in [4.69, 9.17) is 37.9 Å². The number of hydrogen-bond acceptors (Lipinski definition) is 12. The SMILES string of the molecule is CCOC(=O)[C@H]1[C@H]([C@H]2O[C@@H]3OC(C)(C)O[C@@H]3[C@H]2OC)C[C@@H](OC(C)=O)[C@@H](OC(C)=O)[C@@H]1OC(C)=O. The van der Waals surface area contributed by atoms with E-state index in [-0.39, 0.29) is 13.0 Å². The van der Waals surface area contributed by atoms with E-state index in [0.29, 0.717) is 0 Å². The van der Waals surface area contributed by atoms with Gasteiger partial charge in [-0.05, 0) is 27.2 Å². The standard InChI is InChI=1S/C23H34O12/c1-8-29-21(27)15-13(16-19(28-7)20-22(33-16)35-23(5,6)34-20)9-14(30-10(2)24)17(31-11(3)25)18(15)32-12(4)26/h13-20,22H,8-9H2,1-7H3/t13-,14-,15+,16-,17-,18-,19+,20-,22-/m1/s1. The highest BCUT2D eigenvalue weighted by molar-refractivity contribution is 5.76. The van der Waals surface area contributed by atoms with Gasteiger partial charge >= 0.3 is 23.9 Å². The van der Waals surface area contributed by atoms with Gasteiger partial charge in [0.2, 0.25) is 0 Å². The molecule has 0 bridgehead atoms. The van der Waals surface area contributed by atoms with Gasteiger partial charge in [0.05, 0.1) is 12.7 Å². The molecule has 198 valence electrons. The quantitative estimate of drug-likeness (QED) is 0.360. The first kappa shape index (κ1) is 27.3. The Balaban J connectivity index is 2.04. The third kappa shape index (κ3) is 5.93. The first-order valence-electron chi connectivity index (χ1n) is 11.6. The highest BCUT2D eigenvalue weighted by Crippen LogP contribution is 2.47. The van der Waals surface area contributed by atoms with E-state index in [1.807, 2.05) is 0 Å². The summed E-state index contributed by atoms with van der Waals surface area (Å²) in [6, 6.07) is 0. The molecule has 12 nitrogen and oxygen atoms in total. The summed E-state index contributed by atoms with van der Waals surface area (Å²) in [4.78, 5) is 49.1. The van der Waals surface area contributed by atoms with E-state index in [2.05, 4.69) is 0 Å². The molecule has 3 fully saturated rings. The van der Waals surface area contributed by atoms with Crippen LogP contribution in [-0.2, 0) is 57.1 Å². The summed E-state index contributed by atoms with van der Waals surface area (Å²) in [5.74, 6) is -5.49. The molecule has 2 saturated heterocycles. The average Bonchev–Trinajstić information content (AvgIpc) is 3.20. The van der Waals surface area contributed by atoms with Gasteiger partial charge < -0.3 is 37.9 Å². The average molecular weight is 503 g/mol. The molecule has 2 heterocycles. The predicted molar refractivity (Wildman–Crippen MR) is 114 cm³/mol. The maximum absolute atomic E-state index is 13.2. The van der Waals surface area contributed by atoms with Gasteiger partial charge in [-0.15, -0.1) is 0 Å². The Hall–Kier alpha value is -2.28. The van der Waals surface area contributed by atoms with Crippen molar-refractivity contribution in [3.63, 3.8) is 0 Å². The fraction of sp³-hybridized carbons (Fsp3) is 0.826. The Bertz CT molecular complexity index is 825. The molecule has 12 heteroatoms. The number of methoxy groups -OCH3 is 1. The first-order valence-corrected chi connectivity index (χ1v) is 11.6. The molecule has 0 spiro atoms. The summed E-state index contributed by atoms with van der Waals surface area (Å²) in [5.41, 5.74) is 0. The third-order valence-corrected chi connectivity index (χ3v) is 6.21. The van der Waals surface area contributed by atoms with Crippen molar-refractivity contribution in [3.05, 3.63) is 0 Å². The number of esters is 4. The third-order valence-electron chi connectivity index (χ3n) is 6.21. The number of hydrogen-bond donors (Lipinski definition) is 0. The van der Waals surface area contributed by atoms with Crippen molar-refractivity contribution in [1.29, 1.82) is 0 Å². The van der Waals surface area contributed by atoms with Gasteiger partial charge in [-0.3, -0.25) is 19.2 Å². The second kappa shape index (κ2) is 10.8. The maximum Gasteiger partial charge on any atom is 0.313 e. The van der Waals surface area contributed by atoms with Gasteiger partial charge in [0, 0.05) is 33.8 Å². The molecule has 3 aliphatic rings. The summed E-state index contributed by atoms with van der Waals surface area (Å²) in [5, 5.41) is 0. The molecule has 0 N–H and O–H groups in total. The van der Waals surface area contributed by atoms with Crippen LogP contribution in [0.1, 0.15) is 48.0 Å². The Labute approximate surface area is 203 Å². The molecular weight excluding hydrogens is 468 g/mol. The molecule has 2 aliphatic heterocycles. The van der Waals surface area contributed by atoms with Gasteiger partial charge in [0.25, 0.3) is 0 Å². The topological polar surface area (TPSA) is 142 Å². The molecular formula is C23H34O12. The summed E-state index contributed by atoms with van der Waals surface area (Å²) in [6.07, 6.45) is -6.35. The van der Waals surface area contributed by atoms with E-state index in [1.165, 1.54) is 21.0 Å². The van der Waals surface area contributed by atoms with Crippen LogP contribution in [0.5, 0.6) is 0 Å². The Morgan fingerprint density at radius 3 is 2.00 bits per heavy atom. The van der Waals surface area contributed by atoms with Crippen LogP contribution in [0.15, 0.2) is 0 Å². The Morgan fingerprint density at radius 2 is 1.46 bits per heavy atom. The molecule has 3 rings (SSSR count). The normalized spacial score (nSPS) is 37.7. The summed E-state index contributed by atoms with van der Waals surface area (Å²) in [6.45, 7) is 8.72. The lowest BCUT2D eigenvalue weighted by molar-refractivity contribution is -0.242. The van der Waals surface area contributed by atoms with Gasteiger partial charge in [-0.1, -0.05) is 0 Å². The minimum atomic E-state index is -1.31. The number of rotatable bonds is 7. The van der Waals surface area contributed by atoms with E-state index in [9.17, 15) is 19.2 Å². The Morgan fingerprint density at radius 1 is 0.857 bits per heavy atom. The smallest absolute Gasteiger partial charge is 0.313 e. The number of carbonyl (C=O) groups excluding carboxylic acids is 4. The van der Waals surface area contributed by atoms with Crippen LogP contribution in [0.2, 0.25) is 0 Å². The molecule has 0 aromatic heterocycles. The van der Waals surface area contributed by atoms with Crippen molar-refractivity contribution in [2.24, 2.45) is 11.8 Å². The van der Waals surface area contributed by atoms with Crippen LogP contribution in [0.4, 0.5) is 0 Å². The van der Waals surface area contributed by atoms with E-state index in [1.54, 1.807) is 20.8 Å². The van der Waals surface area contributed by atoms with Crippen LogP contribution in [0.25, 0.3) is 0 Å². The van der Waals surface area contributed by atoms with Gasteiger partial charge in [0.1, 0.15) is 24.2 Å². The first-order chi connectivity index (χ1) is 16.4. The molecule has 0 amide bonds. The van der Waals surface area contributed by atoms with Crippen LogP contribution in [-0.4, -0.2) is 86.3 Å². The lowest BCUT2D eigenvalue weighted by Gasteiger charge is -2.46. The fourth-order valence-corrected chi connectivity index (χ4v) is 5.21. The minimum Gasteiger partial charge on any atom is -0.466 e. The molecule has 35 heavy (non-hydrogen) atoms. The lowest BCUT2D eigenvalue weighted by Crippen LogP contribution is -2.60. The highest BCUT2D eigenvalue weighted by atomic mass is 16.8. The highest BCUT2D eigenvalue weighted by Gasteiger charge is 2.63. The van der Waals surface area contributed by atoms with Gasteiger partial charge in [-0.2, -0.15) is 0 Å². The van der Waals surface area contributed by atoms with Crippen LogP contribution in [0.3, 0.4) is 0 Å². The molecule has 0 aromatic rings. The summed E-state index contributed by atoms with van der Waals surface area (Å²) >= 11 is 0. The largest absolute Gasteiger partial charge is 0.466 e. The molecule has 0 radical (unpaired) electrons. The zero-order valence-electron chi connectivity index (χ0n) is 21.0. The van der Waals surface area contributed by atoms with Gasteiger partial charge in [0.15, 0.2) is 24.3 Å². The van der Waals surface area contributed by atoms with Crippen molar-refractivity contribution in [2.75, 3.05) is 13.7 Å². The monoisotopic (exact) mass is 502 g/mol. The molecule has 0 unspecified atom stereocenters. The summed E-state index contributed by atoms with van der Waals surface area (Å²) in [7, 11) is 1.48. The molecule has 0 aromatic carbocycles. The zero-order chi connectivity index (χ0) is 26.1. The van der Waals surface area contributed by atoms with E-state index >= 15 is 0 Å². The van der Waals surface area contributed by atoms with E-state index < -0.39 is 84.4 Å². The number of carbonyl (C=O) groups is 4. The molecule has 9 atom stereocenters. The number of fused-ring (bicyclic) bond motifs is 1. The maximum atomic E-state index is 13.2. The summed E-state index contributed by atoms with van der Waals surface area (Å²) < 4.78 is 45.4. The van der Waals surface area contributed by atoms with Crippen molar-refractivity contribution < 1.29 is 57.1 Å². The zero-order valence-corrected chi connectivity index (χ0v) is 21.0.